The molecule has 0 aliphatic carbocycles. The summed E-state index contributed by atoms with van der Waals surface area (Å²) < 4.78 is 5.70. The Bertz CT molecular complexity index is 659. The maximum Gasteiger partial charge on any atom is 0.274 e. The van der Waals surface area contributed by atoms with Gasteiger partial charge in [-0.1, -0.05) is 11.6 Å². The van der Waals surface area contributed by atoms with Crippen LogP contribution in [0.1, 0.15) is 11.1 Å². The highest BCUT2D eigenvalue weighted by molar-refractivity contribution is 6.30. The van der Waals surface area contributed by atoms with Crippen molar-refractivity contribution in [2.75, 3.05) is 0 Å². The average Bonchev–Trinajstić information content (AvgIpc) is 2.41. The largest absolute Gasteiger partial charge is 0.457 e. The first kappa shape index (κ1) is 14.6. The molecule has 0 saturated heterocycles. The maximum absolute atomic E-state index is 10.8. The zero-order chi connectivity index (χ0) is 14.7. The molecule has 0 bridgehead atoms. The standard InChI is InChI=1S/C14H11Cl2NO3/c1-9-6-11(16)2-5-14(9)20-12-3-4-13(17(18)19)10(7-12)8-15/h2-7H,8H2,1H3. The van der Waals surface area contributed by atoms with Gasteiger partial charge in [0.1, 0.15) is 11.5 Å². The lowest BCUT2D eigenvalue weighted by Crippen LogP contribution is -1.95. The molecular formula is C14H11Cl2NO3. The lowest BCUT2D eigenvalue weighted by molar-refractivity contribution is -0.385. The molecule has 0 aliphatic rings. The molecule has 0 fully saturated rings. The Balaban J connectivity index is 2.32. The molecule has 6 heteroatoms. The average molecular weight is 312 g/mol. The lowest BCUT2D eigenvalue weighted by Gasteiger charge is -2.10. The van der Waals surface area contributed by atoms with Crippen LogP contribution in [0, 0.1) is 17.0 Å². The van der Waals surface area contributed by atoms with Crippen molar-refractivity contribution in [3.63, 3.8) is 0 Å². The molecule has 0 saturated carbocycles. The molecule has 0 amide bonds. The van der Waals surface area contributed by atoms with Crippen molar-refractivity contribution in [3.8, 4) is 11.5 Å². The smallest absolute Gasteiger partial charge is 0.274 e. The minimum atomic E-state index is -0.463. The Morgan fingerprint density at radius 3 is 2.60 bits per heavy atom. The normalized spacial score (nSPS) is 10.3. The van der Waals surface area contributed by atoms with E-state index in [0.29, 0.717) is 22.1 Å². The van der Waals surface area contributed by atoms with Crippen LogP contribution in [0.2, 0.25) is 5.02 Å². The van der Waals surface area contributed by atoms with Crippen LogP contribution in [0.3, 0.4) is 0 Å². The molecular weight excluding hydrogens is 301 g/mol. The first-order valence-corrected chi connectivity index (χ1v) is 6.70. The lowest BCUT2D eigenvalue weighted by atomic mass is 10.2. The van der Waals surface area contributed by atoms with Crippen LogP contribution in [0.25, 0.3) is 0 Å². The van der Waals surface area contributed by atoms with E-state index in [9.17, 15) is 10.1 Å². The minimum absolute atomic E-state index is 0.0137. The Kier molecular flexibility index (Phi) is 4.47. The highest BCUT2D eigenvalue weighted by Crippen LogP contribution is 2.31. The predicted molar refractivity (Wildman–Crippen MR) is 78.9 cm³/mol. The summed E-state index contributed by atoms with van der Waals surface area (Å²) in [6.45, 7) is 1.87. The fraction of sp³-hybridized carbons (Fsp3) is 0.143. The summed E-state index contributed by atoms with van der Waals surface area (Å²) in [5.41, 5.74) is 1.28. The third-order valence-electron chi connectivity index (χ3n) is 2.76. The molecule has 0 radical (unpaired) electrons. The van der Waals surface area contributed by atoms with Crippen LogP contribution < -0.4 is 4.74 Å². The SMILES string of the molecule is Cc1cc(Cl)ccc1Oc1ccc([N+](=O)[O-])c(CCl)c1. The van der Waals surface area contributed by atoms with Gasteiger partial charge in [0.25, 0.3) is 5.69 Å². The third-order valence-corrected chi connectivity index (χ3v) is 3.28. The summed E-state index contributed by atoms with van der Waals surface area (Å²) in [6, 6.07) is 9.75. The molecule has 2 aromatic carbocycles. The van der Waals surface area contributed by atoms with Crippen LogP contribution in [-0.2, 0) is 5.88 Å². The fourth-order valence-electron chi connectivity index (χ4n) is 1.76. The van der Waals surface area contributed by atoms with Gasteiger partial charge in [0, 0.05) is 16.7 Å². The van der Waals surface area contributed by atoms with E-state index in [1.165, 1.54) is 6.07 Å². The second-order valence-electron chi connectivity index (χ2n) is 4.19. The number of nitrogens with zero attached hydrogens (tertiary/aromatic N) is 1. The number of benzene rings is 2. The van der Waals surface area contributed by atoms with Gasteiger partial charge in [-0.05, 0) is 42.8 Å². The molecule has 0 N–H and O–H groups in total. The Morgan fingerprint density at radius 2 is 2.00 bits per heavy atom. The van der Waals surface area contributed by atoms with Crippen LogP contribution in [0.15, 0.2) is 36.4 Å². The number of hydrogen-bond acceptors (Lipinski definition) is 3. The fourth-order valence-corrected chi connectivity index (χ4v) is 2.21. The van der Waals surface area contributed by atoms with Gasteiger partial charge in [-0.2, -0.15) is 0 Å². The van der Waals surface area contributed by atoms with E-state index in [-0.39, 0.29) is 11.6 Å². The van der Waals surface area contributed by atoms with Gasteiger partial charge in [-0.3, -0.25) is 10.1 Å². The number of nitro groups is 1. The van der Waals surface area contributed by atoms with Crippen LogP contribution in [0.4, 0.5) is 5.69 Å². The van der Waals surface area contributed by atoms with Gasteiger partial charge in [0.2, 0.25) is 0 Å². The predicted octanol–water partition coefficient (Wildman–Crippen LogP) is 5.09. The molecule has 4 nitrogen and oxygen atoms in total. The number of alkyl halides is 1. The summed E-state index contributed by atoms with van der Waals surface area (Å²) in [4.78, 5) is 10.4. The van der Waals surface area contributed by atoms with E-state index < -0.39 is 4.92 Å². The van der Waals surface area contributed by atoms with Crippen molar-refractivity contribution in [1.29, 1.82) is 0 Å². The molecule has 104 valence electrons. The van der Waals surface area contributed by atoms with Gasteiger partial charge in [-0.15, -0.1) is 11.6 Å². The molecule has 0 atom stereocenters. The number of halogens is 2. The highest BCUT2D eigenvalue weighted by Gasteiger charge is 2.14. The number of hydrogen-bond donors (Lipinski definition) is 0. The van der Waals surface area contributed by atoms with E-state index in [0.717, 1.165) is 5.56 Å². The highest BCUT2D eigenvalue weighted by atomic mass is 35.5. The third kappa shape index (κ3) is 3.21. The van der Waals surface area contributed by atoms with E-state index in [2.05, 4.69) is 0 Å². The molecule has 2 aromatic rings. The van der Waals surface area contributed by atoms with E-state index in [1.54, 1.807) is 30.3 Å². The quantitative estimate of drug-likeness (QED) is 0.449. The van der Waals surface area contributed by atoms with Gasteiger partial charge in [0.05, 0.1) is 10.8 Å². The van der Waals surface area contributed by atoms with Crippen LogP contribution in [0.5, 0.6) is 11.5 Å². The first-order valence-electron chi connectivity index (χ1n) is 5.78. The summed E-state index contributed by atoms with van der Waals surface area (Å²) in [5, 5.41) is 11.5. The zero-order valence-corrected chi connectivity index (χ0v) is 12.1. The first-order chi connectivity index (χ1) is 9.51. The van der Waals surface area contributed by atoms with Crippen molar-refractivity contribution in [2.24, 2.45) is 0 Å². The van der Waals surface area contributed by atoms with Crippen molar-refractivity contribution in [3.05, 3.63) is 62.7 Å². The number of nitro benzene ring substituents is 1. The molecule has 0 aliphatic heterocycles. The Labute approximate surface area is 126 Å². The molecule has 2 rings (SSSR count). The number of rotatable bonds is 4. The van der Waals surface area contributed by atoms with Crippen LogP contribution in [-0.4, -0.2) is 4.92 Å². The van der Waals surface area contributed by atoms with Gasteiger partial charge in [0.15, 0.2) is 0 Å². The molecule has 0 aromatic heterocycles. The van der Waals surface area contributed by atoms with E-state index in [4.69, 9.17) is 27.9 Å². The van der Waals surface area contributed by atoms with Crippen LogP contribution >= 0.6 is 23.2 Å². The van der Waals surface area contributed by atoms with Crippen molar-refractivity contribution < 1.29 is 9.66 Å². The Morgan fingerprint density at radius 1 is 1.25 bits per heavy atom. The summed E-state index contributed by atoms with van der Waals surface area (Å²) in [7, 11) is 0. The Hall–Kier alpha value is -1.78. The minimum Gasteiger partial charge on any atom is -0.457 e. The van der Waals surface area contributed by atoms with Crippen molar-refractivity contribution >= 4 is 28.9 Å². The second-order valence-corrected chi connectivity index (χ2v) is 4.90. The molecule has 0 spiro atoms. The topological polar surface area (TPSA) is 52.4 Å². The summed E-state index contributed by atoms with van der Waals surface area (Å²) >= 11 is 11.6. The monoisotopic (exact) mass is 311 g/mol. The van der Waals surface area contributed by atoms with Crippen molar-refractivity contribution in [2.45, 2.75) is 12.8 Å². The van der Waals surface area contributed by atoms with Gasteiger partial charge in [-0.25, -0.2) is 0 Å². The maximum atomic E-state index is 10.8. The summed E-state index contributed by atoms with van der Waals surface area (Å²) in [5.74, 6) is 1.19. The van der Waals surface area contributed by atoms with Crippen molar-refractivity contribution in [1.82, 2.24) is 0 Å². The summed E-state index contributed by atoms with van der Waals surface area (Å²) in [6.07, 6.45) is 0. The van der Waals surface area contributed by atoms with E-state index >= 15 is 0 Å². The molecule has 0 heterocycles. The van der Waals surface area contributed by atoms with E-state index in [1.807, 2.05) is 6.92 Å². The molecule has 0 unspecified atom stereocenters. The second kappa shape index (κ2) is 6.11. The molecule has 20 heavy (non-hydrogen) atoms. The van der Waals surface area contributed by atoms with Gasteiger partial charge >= 0.3 is 0 Å². The zero-order valence-electron chi connectivity index (χ0n) is 10.6. The van der Waals surface area contributed by atoms with Gasteiger partial charge < -0.3 is 4.74 Å². The number of ether oxygens (including phenoxy) is 1. The number of aryl methyl sites for hydroxylation is 1.